The first-order valence-electron chi connectivity index (χ1n) is 5.53. The molecule has 0 aromatic heterocycles. The van der Waals surface area contributed by atoms with E-state index in [-0.39, 0.29) is 11.5 Å². The summed E-state index contributed by atoms with van der Waals surface area (Å²) < 4.78 is 5.55. The summed E-state index contributed by atoms with van der Waals surface area (Å²) in [5.41, 5.74) is 1.69. The highest BCUT2D eigenvalue weighted by Gasteiger charge is 2.31. The maximum Gasteiger partial charge on any atom is 0.231 e. The molecule has 16 heavy (non-hydrogen) atoms. The molecule has 1 aromatic rings. The molecule has 1 aliphatic heterocycles. The van der Waals surface area contributed by atoms with Crippen LogP contribution in [0.4, 0.5) is 0 Å². The van der Waals surface area contributed by atoms with E-state index in [0.717, 1.165) is 31.3 Å². The number of allylic oxidation sites excluding steroid dienone is 2. The van der Waals surface area contributed by atoms with E-state index in [4.69, 9.17) is 4.74 Å². The molecule has 0 atom stereocenters. The van der Waals surface area contributed by atoms with Gasteiger partial charge in [-0.1, -0.05) is 0 Å². The number of ketones is 1. The number of carbonyl (C=O) groups excluding carboxylic acids is 1. The summed E-state index contributed by atoms with van der Waals surface area (Å²) in [6, 6.07) is 4.63. The molecule has 0 saturated heterocycles. The quantitative estimate of drug-likeness (QED) is 0.678. The number of hydrogen-bond acceptors (Lipinski definition) is 3. The highest BCUT2D eigenvalue weighted by Crippen LogP contribution is 2.38. The topological polar surface area (TPSA) is 46.5 Å². The predicted octanol–water partition coefficient (Wildman–Crippen LogP) is 2.80. The Kier molecular flexibility index (Phi) is 1.99. The van der Waals surface area contributed by atoms with E-state index in [0.29, 0.717) is 17.1 Å². The van der Waals surface area contributed by atoms with E-state index >= 15 is 0 Å². The maximum absolute atomic E-state index is 12.0. The van der Waals surface area contributed by atoms with E-state index in [1.165, 1.54) is 12.1 Å². The van der Waals surface area contributed by atoms with E-state index in [2.05, 4.69) is 0 Å². The predicted molar refractivity (Wildman–Crippen MR) is 58.6 cm³/mol. The number of carbonyl (C=O) groups is 1. The second kappa shape index (κ2) is 3.37. The van der Waals surface area contributed by atoms with Crippen molar-refractivity contribution in [3.63, 3.8) is 0 Å². The normalized spacial score (nSPS) is 18.9. The fraction of sp³-hybridized carbons (Fsp3) is 0.308. The second-order valence-electron chi connectivity index (χ2n) is 4.25. The van der Waals surface area contributed by atoms with Crippen molar-refractivity contribution in [3.05, 3.63) is 35.1 Å². The maximum atomic E-state index is 12.0. The molecular weight excluding hydrogens is 204 g/mol. The van der Waals surface area contributed by atoms with Crippen molar-refractivity contribution in [1.82, 2.24) is 0 Å². The van der Waals surface area contributed by atoms with Crippen molar-refractivity contribution in [2.45, 2.75) is 25.7 Å². The number of hydrogen-bond donors (Lipinski definition) is 1. The lowest BCUT2D eigenvalue weighted by Gasteiger charge is -2.01. The summed E-state index contributed by atoms with van der Waals surface area (Å²) in [6.07, 6.45) is 4.19. The summed E-state index contributed by atoms with van der Waals surface area (Å²) in [4.78, 5) is 12.0. The molecule has 0 unspecified atom stereocenters. The van der Waals surface area contributed by atoms with Crippen molar-refractivity contribution in [3.8, 4) is 11.5 Å². The molecule has 1 aliphatic carbocycles. The molecule has 1 aromatic carbocycles. The number of aromatic hydroxyl groups is 1. The Morgan fingerprint density at radius 2 is 1.94 bits per heavy atom. The molecule has 0 bridgehead atoms. The van der Waals surface area contributed by atoms with Crippen LogP contribution in [0.1, 0.15) is 36.0 Å². The Bertz CT molecular complexity index is 492. The number of rotatable bonds is 0. The second-order valence-corrected chi connectivity index (χ2v) is 4.25. The molecule has 1 fully saturated rings. The van der Waals surface area contributed by atoms with Gasteiger partial charge in [-0.05, 0) is 43.4 Å². The largest absolute Gasteiger partial charge is 0.508 e. The minimum Gasteiger partial charge on any atom is -0.508 e. The zero-order valence-electron chi connectivity index (χ0n) is 8.82. The first-order chi connectivity index (χ1) is 7.75. The zero-order valence-corrected chi connectivity index (χ0v) is 8.82. The summed E-state index contributed by atoms with van der Waals surface area (Å²) in [7, 11) is 0. The number of fused-ring (bicyclic) bond motifs is 1. The third kappa shape index (κ3) is 1.32. The van der Waals surface area contributed by atoms with Gasteiger partial charge in [0.05, 0.1) is 5.56 Å². The van der Waals surface area contributed by atoms with Crippen molar-refractivity contribution in [2.24, 2.45) is 0 Å². The Morgan fingerprint density at radius 1 is 1.19 bits per heavy atom. The molecule has 1 N–H and O–H groups in total. The summed E-state index contributed by atoms with van der Waals surface area (Å²) in [5, 5.41) is 9.33. The lowest BCUT2D eigenvalue weighted by Crippen LogP contribution is -2.01. The average molecular weight is 216 g/mol. The fourth-order valence-electron chi connectivity index (χ4n) is 2.32. The van der Waals surface area contributed by atoms with Gasteiger partial charge in [0.25, 0.3) is 0 Å². The van der Waals surface area contributed by atoms with Gasteiger partial charge in [-0.15, -0.1) is 0 Å². The average Bonchev–Trinajstić information content (AvgIpc) is 2.86. The molecule has 1 saturated carbocycles. The van der Waals surface area contributed by atoms with Crippen molar-refractivity contribution in [1.29, 1.82) is 0 Å². The smallest absolute Gasteiger partial charge is 0.231 e. The number of phenols is 1. The standard InChI is InChI=1S/C13H12O3/c14-9-5-6-10-11(7-9)16-13(12(10)15)8-3-1-2-4-8/h5-7,14H,1-4H2. The van der Waals surface area contributed by atoms with Crippen LogP contribution in [0.15, 0.2) is 29.5 Å². The van der Waals surface area contributed by atoms with Crippen LogP contribution < -0.4 is 4.74 Å². The van der Waals surface area contributed by atoms with E-state index < -0.39 is 0 Å². The molecule has 0 amide bonds. The molecule has 3 rings (SSSR count). The van der Waals surface area contributed by atoms with Gasteiger partial charge in [0.1, 0.15) is 11.5 Å². The van der Waals surface area contributed by atoms with Crippen molar-refractivity contribution in [2.75, 3.05) is 0 Å². The lowest BCUT2D eigenvalue weighted by molar-refractivity contribution is 0.101. The van der Waals surface area contributed by atoms with Crippen molar-refractivity contribution < 1.29 is 14.6 Å². The summed E-state index contributed by atoms with van der Waals surface area (Å²) in [5.74, 6) is 1.08. The molecule has 3 nitrogen and oxygen atoms in total. The van der Waals surface area contributed by atoms with Crippen LogP contribution in [0.5, 0.6) is 11.5 Å². The van der Waals surface area contributed by atoms with Gasteiger partial charge in [0.15, 0.2) is 5.76 Å². The Morgan fingerprint density at radius 3 is 2.69 bits per heavy atom. The van der Waals surface area contributed by atoms with Crippen molar-refractivity contribution >= 4 is 5.78 Å². The van der Waals surface area contributed by atoms with E-state index in [1.807, 2.05) is 0 Å². The number of phenolic OH excluding ortho intramolecular Hbond substituents is 1. The Hall–Kier alpha value is -1.77. The number of benzene rings is 1. The Balaban J connectivity index is 2.06. The molecule has 1 heterocycles. The molecule has 2 aliphatic rings. The van der Waals surface area contributed by atoms with E-state index in [1.54, 1.807) is 6.07 Å². The van der Waals surface area contributed by atoms with Gasteiger partial charge in [0.2, 0.25) is 5.78 Å². The van der Waals surface area contributed by atoms with E-state index in [9.17, 15) is 9.90 Å². The monoisotopic (exact) mass is 216 g/mol. The van der Waals surface area contributed by atoms with Crippen LogP contribution in [-0.2, 0) is 0 Å². The van der Waals surface area contributed by atoms with Gasteiger partial charge in [0, 0.05) is 6.07 Å². The number of ether oxygens (including phenoxy) is 1. The van der Waals surface area contributed by atoms with Crippen LogP contribution >= 0.6 is 0 Å². The van der Waals surface area contributed by atoms with Gasteiger partial charge in [-0.3, -0.25) is 4.79 Å². The molecule has 82 valence electrons. The number of Topliss-reactive ketones (excluding diaryl/α,β-unsaturated/α-hetero) is 1. The Labute approximate surface area is 93.4 Å². The lowest BCUT2D eigenvalue weighted by atomic mass is 10.1. The van der Waals surface area contributed by atoms with Gasteiger partial charge in [-0.25, -0.2) is 0 Å². The molecular formula is C13H12O3. The zero-order chi connectivity index (χ0) is 11.1. The minimum atomic E-state index is -0.0353. The highest BCUT2D eigenvalue weighted by atomic mass is 16.5. The first-order valence-corrected chi connectivity index (χ1v) is 5.53. The van der Waals surface area contributed by atoms with Gasteiger partial charge in [-0.2, -0.15) is 0 Å². The third-order valence-corrected chi connectivity index (χ3v) is 3.16. The fourth-order valence-corrected chi connectivity index (χ4v) is 2.32. The minimum absolute atomic E-state index is 0.0353. The molecule has 3 heteroatoms. The third-order valence-electron chi connectivity index (χ3n) is 3.16. The van der Waals surface area contributed by atoms with Crippen LogP contribution in [0, 0.1) is 0 Å². The van der Waals surface area contributed by atoms with Gasteiger partial charge < -0.3 is 9.84 Å². The van der Waals surface area contributed by atoms with Crippen LogP contribution in [0.2, 0.25) is 0 Å². The molecule has 0 radical (unpaired) electrons. The SMILES string of the molecule is O=C1C(=C2CCCC2)Oc2cc(O)ccc21. The highest BCUT2D eigenvalue weighted by molar-refractivity contribution is 6.12. The summed E-state index contributed by atoms with van der Waals surface area (Å²) >= 11 is 0. The summed E-state index contributed by atoms with van der Waals surface area (Å²) in [6.45, 7) is 0. The molecule has 0 spiro atoms. The van der Waals surface area contributed by atoms with Crippen LogP contribution in [-0.4, -0.2) is 10.9 Å². The van der Waals surface area contributed by atoms with Crippen LogP contribution in [0.25, 0.3) is 0 Å². The van der Waals surface area contributed by atoms with Crippen LogP contribution in [0.3, 0.4) is 0 Å². The van der Waals surface area contributed by atoms with Gasteiger partial charge >= 0.3 is 0 Å². The first kappa shape index (κ1) is 9.46.